The van der Waals surface area contributed by atoms with Crippen LogP contribution in [-0.2, 0) is 0 Å². The summed E-state index contributed by atoms with van der Waals surface area (Å²) in [4.78, 5) is 11.8. The average molecular weight is 250 g/mol. The quantitative estimate of drug-likeness (QED) is 0.762. The number of nitrogen functional groups attached to an aromatic ring is 1. The van der Waals surface area contributed by atoms with Crippen LogP contribution >= 0.6 is 0 Å². The summed E-state index contributed by atoms with van der Waals surface area (Å²) in [6.07, 6.45) is 0.914. The Bertz CT molecular complexity index is 403. The number of carbonyl (C=O) groups is 1. The molecule has 4 heteroatoms. The van der Waals surface area contributed by atoms with Crippen molar-refractivity contribution in [3.8, 4) is 5.75 Å². The zero-order chi connectivity index (χ0) is 13.5. The normalized spacial score (nSPS) is 10.4. The first-order chi connectivity index (χ1) is 8.54. The Morgan fingerprint density at radius 1 is 1.44 bits per heavy atom. The number of rotatable bonds is 6. The molecule has 0 atom stereocenters. The first-order valence-corrected chi connectivity index (χ1v) is 6.35. The van der Waals surface area contributed by atoms with Gasteiger partial charge in [0.1, 0.15) is 5.75 Å². The third-order valence-corrected chi connectivity index (χ3v) is 2.38. The average Bonchev–Trinajstić information content (AvgIpc) is 2.34. The third-order valence-electron chi connectivity index (χ3n) is 2.38. The lowest BCUT2D eigenvalue weighted by atomic mass is 10.1. The number of hydrogen-bond acceptors (Lipinski definition) is 3. The maximum atomic E-state index is 11.8. The molecule has 1 amide bonds. The molecule has 1 aromatic carbocycles. The Hall–Kier alpha value is -1.71. The van der Waals surface area contributed by atoms with Gasteiger partial charge in [0, 0.05) is 12.1 Å². The summed E-state index contributed by atoms with van der Waals surface area (Å²) < 4.78 is 5.59. The lowest BCUT2D eigenvalue weighted by Gasteiger charge is -2.12. The topological polar surface area (TPSA) is 64.4 Å². The minimum absolute atomic E-state index is 0.0914. The minimum Gasteiger partial charge on any atom is -0.491 e. The molecule has 0 aliphatic heterocycles. The second-order valence-electron chi connectivity index (χ2n) is 4.71. The van der Waals surface area contributed by atoms with E-state index in [0.29, 0.717) is 36.1 Å². The largest absolute Gasteiger partial charge is 0.491 e. The summed E-state index contributed by atoms with van der Waals surface area (Å²) in [6.45, 7) is 7.40. The Morgan fingerprint density at radius 2 is 2.17 bits per heavy atom. The smallest absolute Gasteiger partial charge is 0.251 e. The molecule has 0 aliphatic carbocycles. The zero-order valence-corrected chi connectivity index (χ0v) is 11.3. The maximum absolute atomic E-state index is 11.8. The second-order valence-corrected chi connectivity index (χ2v) is 4.71. The van der Waals surface area contributed by atoms with E-state index in [1.807, 2.05) is 6.92 Å². The van der Waals surface area contributed by atoms with E-state index < -0.39 is 0 Å². The molecule has 0 fully saturated rings. The Labute approximate surface area is 109 Å². The molecule has 3 N–H and O–H groups in total. The lowest BCUT2D eigenvalue weighted by molar-refractivity contribution is 0.0953. The molecule has 18 heavy (non-hydrogen) atoms. The number of anilines is 1. The molecule has 1 rings (SSSR count). The van der Waals surface area contributed by atoms with Crippen LogP contribution in [0.1, 0.15) is 37.6 Å². The summed E-state index contributed by atoms with van der Waals surface area (Å²) in [5.41, 5.74) is 6.96. The van der Waals surface area contributed by atoms with Gasteiger partial charge in [-0.25, -0.2) is 0 Å². The zero-order valence-electron chi connectivity index (χ0n) is 11.3. The first kappa shape index (κ1) is 14.4. The van der Waals surface area contributed by atoms with Crippen LogP contribution in [-0.4, -0.2) is 19.1 Å². The molecule has 0 radical (unpaired) electrons. The Kier molecular flexibility index (Phi) is 5.49. The van der Waals surface area contributed by atoms with Crippen molar-refractivity contribution in [3.05, 3.63) is 23.8 Å². The molecule has 100 valence electrons. The van der Waals surface area contributed by atoms with Crippen LogP contribution in [0.5, 0.6) is 5.75 Å². The van der Waals surface area contributed by atoms with E-state index >= 15 is 0 Å². The molecule has 1 aromatic rings. The SMILES string of the molecule is CCCNC(=O)c1ccc(N)c(OCC(C)C)c1. The van der Waals surface area contributed by atoms with Gasteiger partial charge >= 0.3 is 0 Å². The molecule has 0 unspecified atom stereocenters. The van der Waals surface area contributed by atoms with Crippen molar-refractivity contribution in [1.29, 1.82) is 0 Å². The van der Waals surface area contributed by atoms with Crippen molar-refractivity contribution in [2.75, 3.05) is 18.9 Å². The lowest BCUT2D eigenvalue weighted by Crippen LogP contribution is -2.24. The van der Waals surface area contributed by atoms with Gasteiger partial charge in [0.05, 0.1) is 12.3 Å². The molecule has 0 spiro atoms. The summed E-state index contributed by atoms with van der Waals surface area (Å²) in [5, 5.41) is 2.82. The van der Waals surface area contributed by atoms with E-state index in [2.05, 4.69) is 19.2 Å². The van der Waals surface area contributed by atoms with Crippen LogP contribution in [0.15, 0.2) is 18.2 Å². The van der Waals surface area contributed by atoms with E-state index in [1.54, 1.807) is 18.2 Å². The van der Waals surface area contributed by atoms with Gasteiger partial charge in [-0.3, -0.25) is 4.79 Å². The Morgan fingerprint density at radius 3 is 2.78 bits per heavy atom. The predicted molar refractivity (Wildman–Crippen MR) is 73.8 cm³/mol. The number of amides is 1. The molecular formula is C14H22N2O2. The van der Waals surface area contributed by atoms with Gasteiger partial charge in [0.15, 0.2) is 0 Å². The summed E-state index contributed by atoms with van der Waals surface area (Å²) in [7, 11) is 0. The van der Waals surface area contributed by atoms with Crippen LogP contribution in [0, 0.1) is 5.92 Å². The molecule has 0 aromatic heterocycles. The van der Waals surface area contributed by atoms with Crippen LogP contribution in [0.2, 0.25) is 0 Å². The fourth-order valence-corrected chi connectivity index (χ4v) is 1.40. The molecule has 0 bridgehead atoms. The van der Waals surface area contributed by atoms with E-state index in [4.69, 9.17) is 10.5 Å². The van der Waals surface area contributed by atoms with E-state index in [9.17, 15) is 4.79 Å². The standard InChI is InChI=1S/C14H22N2O2/c1-4-7-16-14(17)11-5-6-12(15)13(8-11)18-9-10(2)3/h5-6,8,10H,4,7,9,15H2,1-3H3,(H,16,17). The van der Waals surface area contributed by atoms with Gasteiger partial charge < -0.3 is 15.8 Å². The van der Waals surface area contributed by atoms with E-state index in [-0.39, 0.29) is 5.91 Å². The highest BCUT2D eigenvalue weighted by Crippen LogP contribution is 2.23. The summed E-state index contributed by atoms with van der Waals surface area (Å²) in [5.74, 6) is 0.904. The third kappa shape index (κ3) is 4.28. The van der Waals surface area contributed by atoms with Crippen molar-refractivity contribution in [1.82, 2.24) is 5.32 Å². The molecule has 0 heterocycles. The fraction of sp³-hybridized carbons (Fsp3) is 0.500. The van der Waals surface area contributed by atoms with Crippen molar-refractivity contribution in [3.63, 3.8) is 0 Å². The van der Waals surface area contributed by atoms with Crippen molar-refractivity contribution < 1.29 is 9.53 Å². The number of hydrogen-bond donors (Lipinski definition) is 2. The van der Waals surface area contributed by atoms with Gasteiger partial charge in [0.25, 0.3) is 5.91 Å². The maximum Gasteiger partial charge on any atom is 0.251 e. The van der Waals surface area contributed by atoms with Crippen LogP contribution in [0.4, 0.5) is 5.69 Å². The number of ether oxygens (including phenoxy) is 1. The highest BCUT2D eigenvalue weighted by atomic mass is 16.5. The van der Waals surface area contributed by atoms with Crippen LogP contribution in [0.25, 0.3) is 0 Å². The number of benzene rings is 1. The molecular weight excluding hydrogens is 228 g/mol. The highest BCUT2D eigenvalue weighted by Gasteiger charge is 2.09. The monoisotopic (exact) mass is 250 g/mol. The number of nitrogens with two attached hydrogens (primary N) is 1. The van der Waals surface area contributed by atoms with Gasteiger partial charge in [-0.1, -0.05) is 20.8 Å². The first-order valence-electron chi connectivity index (χ1n) is 6.35. The van der Waals surface area contributed by atoms with Crippen LogP contribution in [0.3, 0.4) is 0 Å². The molecule has 0 saturated carbocycles. The van der Waals surface area contributed by atoms with Crippen molar-refractivity contribution in [2.45, 2.75) is 27.2 Å². The van der Waals surface area contributed by atoms with Gasteiger partial charge in [0.2, 0.25) is 0 Å². The van der Waals surface area contributed by atoms with Gasteiger partial charge in [-0.2, -0.15) is 0 Å². The van der Waals surface area contributed by atoms with E-state index in [0.717, 1.165) is 6.42 Å². The Balaban J connectivity index is 2.76. The number of carbonyl (C=O) groups excluding carboxylic acids is 1. The van der Waals surface area contributed by atoms with Gasteiger partial charge in [-0.15, -0.1) is 0 Å². The van der Waals surface area contributed by atoms with Crippen molar-refractivity contribution >= 4 is 11.6 Å². The summed E-state index contributed by atoms with van der Waals surface area (Å²) >= 11 is 0. The molecule has 0 saturated heterocycles. The molecule has 0 aliphatic rings. The van der Waals surface area contributed by atoms with Gasteiger partial charge in [-0.05, 0) is 30.5 Å². The summed E-state index contributed by atoms with van der Waals surface area (Å²) in [6, 6.07) is 5.11. The molecule has 4 nitrogen and oxygen atoms in total. The van der Waals surface area contributed by atoms with Crippen molar-refractivity contribution in [2.24, 2.45) is 5.92 Å². The number of nitrogens with one attached hydrogen (secondary N) is 1. The predicted octanol–water partition coefficient (Wildman–Crippen LogP) is 2.44. The fourth-order valence-electron chi connectivity index (χ4n) is 1.40. The highest BCUT2D eigenvalue weighted by molar-refractivity contribution is 5.95. The van der Waals surface area contributed by atoms with E-state index in [1.165, 1.54) is 0 Å². The minimum atomic E-state index is -0.0914. The second kappa shape index (κ2) is 6.89. The van der Waals surface area contributed by atoms with Crippen LogP contribution < -0.4 is 15.8 Å².